The summed E-state index contributed by atoms with van der Waals surface area (Å²) >= 11 is 0. The average Bonchev–Trinajstić information content (AvgIpc) is 2.74. The standard InChI is InChI=1S/C12H13FN2/c1-2-14-10-5-6-11(13)12(9-10)15-7-3-4-8-15/h3-9,14H,2H2,1H3. The highest BCUT2D eigenvalue weighted by Gasteiger charge is 2.04. The number of rotatable bonds is 3. The third-order valence-electron chi connectivity index (χ3n) is 2.21. The van der Waals surface area contributed by atoms with Crippen LogP contribution in [0.1, 0.15) is 6.92 Å². The van der Waals surface area contributed by atoms with Gasteiger partial charge in [0.1, 0.15) is 5.82 Å². The lowest BCUT2D eigenvalue weighted by molar-refractivity contribution is 0.618. The van der Waals surface area contributed by atoms with Crippen LogP contribution in [0.3, 0.4) is 0 Å². The Morgan fingerprint density at radius 1 is 1.27 bits per heavy atom. The SMILES string of the molecule is CCNc1ccc(F)c(-n2cccc2)c1. The molecular weight excluding hydrogens is 191 g/mol. The van der Waals surface area contributed by atoms with Crippen molar-refractivity contribution in [3.8, 4) is 5.69 Å². The summed E-state index contributed by atoms with van der Waals surface area (Å²) in [6, 6.07) is 8.77. The molecule has 0 atom stereocenters. The molecule has 0 saturated carbocycles. The largest absolute Gasteiger partial charge is 0.385 e. The van der Waals surface area contributed by atoms with E-state index in [0.29, 0.717) is 5.69 Å². The van der Waals surface area contributed by atoms with E-state index in [1.54, 1.807) is 16.7 Å². The molecule has 3 heteroatoms. The van der Waals surface area contributed by atoms with Gasteiger partial charge in [0.15, 0.2) is 0 Å². The summed E-state index contributed by atoms with van der Waals surface area (Å²) in [7, 11) is 0. The van der Waals surface area contributed by atoms with Crippen molar-refractivity contribution in [3.63, 3.8) is 0 Å². The number of nitrogens with zero attached hydrogens (tertiary/aromatic N) is 1. The van der Waals surface area contributed by atoms with Gasteiger partial charge in [-0.2, -0.15) is 0 Å². The normalized spacial score (nSPS) is 10.3. The maximum Gasteiger partial charge on any atom is 0.147 e. The van der Waals surface area contributed by atoms with E-state index in [4.69, 9.17) is 0 Å². The lowest BCUT2D eigenvalue weighted by atomic mass is 10.2. The predicted molar refractivity (Wildman–Crippen MR) is 59.9 cm³/mol. The van der Waals surface area contributed by atoms with Gasteiger partial charge in [-0.3, -0.25) is 0 Å². The Morgan fingerprint density at radius 3 is 2.67 bits per heavy atom. The maximum atomic E-state index is 13.5. The third kappa shape index (κ3) is 2.01. The first-order chi connectivity index (χ1) is 7.31. The number of aromatic nitrogens is 1. The van der Waals surface area contributed by atoms with E-state index in [1.165, 1.54) is 6.07 Å². The summed E-state index contributed by atoms with van der Waals surface area (Å²) in [6.45, 7) is 2.84. The van der Waals surface area contributed by atoms with Crippen LogP contribution in [0.5, 0.6) is 0 Å². The Labute approximate surface area is 88.4 Å². The number of nitrogens with one attached hydrogen (secondary N) is 1. The van der Waals surface area contributed by atoms with Gasteiger partial charge < -0.3 is 9.88 Å². The Balaban J connectivity index is 2.41. The van der Waals surface area contributed by atoms with Crippen molar-refractivity contribution in [3.05, 3.63) is 48.5 Å². The van der Waals surface area contributed by atoms with Crippen LogP contribution in [0.25, 0.3) is 5.69 Å². The lowest BCUT2D eigenvalue weighted by Crippen LogP contribution is -2.00. The molecule has 0 aliphatic carbocycles. The smallest absolute Gasteiger partial charge is 0.147 e. The topological polar surface area (TPSA) is 17.0 Å². The fourth-order valence-corrected chi connectivity index (χ4v) is 1.52. The van der Waals surface area contributed by atoms with E-state index in [9.17, 15) is 4.39 Å². The molecule has 1 aromatic carbocycles. The summed E-state index contributed by atoms with van der Waals surface area (Å²) in [6.07, 6.45) is 3.66. The molecule has 1 N–H and O–H groups in total. The molecule has 0 bridgehead atoms. The second-order valence-corrected chi connectivity index (χ2v) is 3.29. The molecule has 0 radical (unpaired) electrons. The van der Waals surface area contributed by atoms with Gasteiger partial charge in [-0.05, 0) is 37.3 Å². The van der Waals surface area contributed by atoms with Gasteiger partial charge in [0.25, 0.3) is 0 Å². The third-order valence-corrected chi connectivity index (χ3v) is 2.21. The molecule has 0 amide bonds. The molecule has 2 nitrogen and oxygen atoms in total. The maximum absolute atomic E-state index is 13.5. The minimum absolute atomic E-state index is 0.215. The molecule has 0 aliphatic rings. The van der Waals surface area contributed by atoms with E-state index < -0.39 is 0 Å². The average molecular weight is 204 g/mol. The summed E-state index contributed by atoms with van der Waals surface area (Å²) in [5, 5.41) is 3.16. The molecule has 0 fully saturated rings. The quantitative estimate of drug-likeness (QED) is 0.813. The number of hydrogen-bond acceptors (Lipinski definition) is 1. The monoisotopic (exact) mass is 204 g/mol. The van der Waals surface area contributed by atoms with E-state index in [2.05, 4.69) is 5.32 Å². The molecule has 1 aromatic heterocycles. The first-order valence-electron chi connectivity index (χ1n) is 4.98. The number of hydrogen-bond donors (Lipinski definition) is 1. The van der Waals surface area contributed by atoms with Crippen molar-refractivity contribution in [1.29, 1.82) is 0 Å². The van der Waals surface area contributed by atoms with Crippen LogP contribution in [0, 0.1) is 5.82 Å². The van der Waals surface area contributed by atoms with Crippen molar-refractivity contribution < 1.29 is 4.39 Å². The van der Waals surface area contributed by atoms with Crippen molar-refractivity contribution in [2.75, 3.05) is 11.9 Å². The fourth-order valence-electron chi connectivity index (χ4n) is 1.52. The van der Waals surface area contributed by atoms with Gasteiger partial charge in [0.05, 0.1) is 5.69 Å². The number of anilines is 1. The zero-order valence-corrected chi connectivity index (χ0v) is 8.57. The summed E-state index contributed by atoms with van der Waals surface area (Å²) in [4.78, 5) is 0. The molecule has 1 heterocycles. The minimum Gasteiger partial charge on any atom is -0.385 e. The van der Waals surface area contributed by atoms with E-state index in [1.807, 2.05) is 31.5 Å². The van der Waals surface area contributed by atoms with Crippen LogP contribution in [0.4, 0.5) is 10.1 Å². The first-order valence-corrected chi connectivity index (χ1v) is 4.98. The molecule has 0 spiro atoms. The van der Waals surface area contributed by atoms with Crippen LogP contribution in [-0.4, -0.2) is 11.1 Å². The van der Waals surface area contributed by atoms with Crippen molar-refractivity contribution in [2.24, 2.45) is 0 Å². The zero-order chi connectivity index (χ0) is 10.7. The Hall–Kier alpha value is -1.77. The van der Waals surface area contributed by atoms with Crippen molar-refractivity contribution in [1.82, 2.24) is 4.57 Å². The van der Waals surface area contributed by atoms with Gasteiger partial charge in [-0.1, -0.05) is 0 Å². The molecular formula is C12H13FN2. The van der Waals surface area contributed by atoms with Gasteiger partial charge >= 0.3 is 0 Å². The highest BCUT2D eigenvalue weighted by Crippen LogP contribution is 2.18. The molecule has 2 rings (SSSR count). The van der Waals surface area contributed by atoms with E-state index in [0.717, 1.165) is 12.2 Å². The summed E-state index contributed by atoms with van der Waals surface area (Å²) < 4.78 is 15.3. The summed E-state index contributed by atoms with van der Waals surface area (Å²) in [5.74, 6) is -0.215. The van der Waals surface area contributed by atoms with Crippen LogP contribution in [0.15, 0.2) is 42.7 Å². The second kappa shape index (κ2) is 4.17. The van der Waals surface area contributed by atoms with Crippen molar-refractivity contribution in [2.45, 2.75) is 6.92 Å². The minimum atomic E-state index is -0.215. The van der Waals surface area contributed by atoms with E-state index in [-0.39, 0.29) is 5.82 Å². The Morgan fingerprint density at radius 2 is 2.00 bits per heavy atom. The van der Waals surface area contributed by atoms with E-state index >= 15 is 0 Å². The molecule has 15 heavy (non-hydrogen) atoms. The van der Waals surface area contributed by atoms with Crippen LogP contribution in [0.2, 0.25) is 0 Å². The Bertz CT molecular complexity index is 435. The second-order valence-electron chi connectivity index (χ2n) is 3.29. The van der Waals surface area contributed by atoms with Crippen LogP contribution in [-0.2, 0) is 0 Å². The van der Waals surface area contributed by atoms with Gasteiger partial charge in [-0.25, -0.2) is 4.39 Å². The molecule has 0 aliphatic heterocycles. The summed E-state index contributed by atoms with van der Waals surface area (Å²) in [5.41, 5.74) is 1.50. The van der Waals surface area contributed by atoms with Gasteiger partial charge in [0.2, 0.25) is 0 Å². The highest BCUT2D eigenvalue weighted by atomic mass is 19.1. The molecule has 2 aromatic rings. The van der Waals surface area contributed by atoms with Gasteiger partial charge in [-0.15, -0.1) is 0 Å². The predicted octanol–water partition coefficient (Wildman–Crippen LogP) is 3.05. The lowest BCUT2D eigenvalue weighted by Gasteiger charge is -2.08. The highest BCUT2D eigenvalue weighted by molar-refractivity contribution is 5.52. The fraction of sp³-hybridized carbons (Fsp3) is 0.167. The number of benzene rings is 1. The van der Waals surface area contributed by atoms with Crippen LogP contribution < -0.4 is 5.32 Å². The van der Waals surface area contributed by atoms with Gasteiger partial charge in [0, 0.05) is 24.6 Å². The molecule has 78 valence electrons. The zero-order valence-electron chi connectivity index (χ0n) is 8.57. The number of halogens is 1. The molecule has 0 unspecified atom stereocenters. The van der Waals surface area contributed by atoms with Crippen LogP contribution >= 0.6 is 0 Å². The first kappa shape index (κ1) is 9.77. The van der Waals surface area contributed by atoms with Crippen molar-refractivity contribution >= 4 is 5.69 Å². The molecule has 0 saturated heterocycles. The Kier molecular flexibility index (Phi) is 2.72.